The number of amides is 1. The Labute approximate surface area is 186 Å². The van der Waals surface area contributed by atoms with E-state index in [0.29, 0.717) is 25.9 Å². The molecule has 0 unspecified atom stereocenters. The fraction of sp³-hybridized carbons (Fsp3) is 0.136. The predicted octanol–water partition coefficient (Wildman–Crippen LogP) is 5.69. The molecule has 0 saturated carbocycles. The summed E-state index contributed by atoms with van der Waals surface area (Å²) in [6.07, 6.45) is 1.40. The van der Waals surface area contributed by atoms with Crippen LogP contribution in [0.4, 0.5) is 5.69 Å². The molecule has 0 spiro atoms. The summed E-state index contributed by atoms with van der Waals surface area (Å²) in [5, 5.41) is 5.95. The Bertz CT molecular complexity index is 1340. The van der Waals surface area contributed by atoms with Crippen molar-refractivity contribution in [2.45, 2.75) is 20.4 Å². The molecule has 8 heteroatoms. The number of aromatic nitrogens is 2. The maximum absolute atomic E-state index is 13.1. The third kappa shape index (κ3) is 3.99. The summed E-state index contributed by atoms with van der Waals surface area (Å²) in [4.78, 5) is 30.7. The second-order valence-electron chi connectivity index (χ2n) is 6.98. The van der Waals surface area contributed by atoms with Gasteiger partial charge in [-0.15, -0.1) is 11.3 Å². The van der Waals surface area contributed by atoms with E-state index < -0.39 is 0 Å². The maximum atomic E-state index is 13.1. The smallest absolute Gasteiger partial charge is 0.263 e. The van der Waals surface area contributed by atoms with E-state index >= 15 is 0 Å². The van der Waals surface area contributed by atoms with Crippen LogP contribution in [-0.4, -0.2) is 15.5 Å². The Morgan fingerprint density at radius 2 is 1.93 bits per heavy atom. The molecule has 0 aliphatic heterocycles. The first-order chi connectivity index (χ1) is 14.3. The van der Waals surface area contributed by atoms with Crippen LogP contribution in [0.2, 0.25) is 10.0 Å². The number of nitrogens with zero attached hydrogens (tertiary/aromatic N) is 2. The lowest BCUT2D eigenvalue weighted by Gasteiger charge is -2.09. The predicted molar refractivity (Wildman–Crippen MR) is 124 cm³/mol. The molecule has 2 heterocycles. The highest BCUT2D eigenvalue weighted by Gasteiger charge is 2.15. The summed E-state index contributed by atoms with van der Waals surface area (Å²) in [5.41, 5.74) is 4.29. The van der Waals surface area contributed by atoms with Crippen LogP contribution in [0.1, 0.15) is 11.1 Å². The van der Waals surface area contributed by atoms with Crippen LogP contribution in [-0.2, 0) is 11.3 Å². The first kappa shape index (κ1) is 20.6. The second kappa shape index (κ2) is 8.22. The number of fused-ring (bicyclic) bond motifs is 1. The summed E-state index contributed by atoms with van der Waals surface area (Å²) < 4.78 is 1.30. The number of hydrogen-bond acceptors (Lipinski definition) is 4. The van der Waals surface area contributed by atoms with E-state index in [4.69, 9.17) is 23.2 Å². The molecule has 1 N–H and O–H groups in total. The third-order valence-electron chi connectivity index (χ3n) is 4.90. The zero-order valence-corrected chi connectivity index (χ0v) is 18.5. The van der Waals surface area contributed by atoms with E-state index in [-0.39, 0.29) is 18.0 Å². The molecule has 0 bridgehead atoms. The molecule has 0 fully saturated rings. The van der Waals surface area contributed by atoms with Crippen molar-refractivity contribution < 1.29 is 4.79 Å². The fourth-order valence-electron chi connectivity index (χ4n) is 3.14. The minimum absolute atomic E-state index is 0.178. The molecule has 0 atom stereocenters. The molecule has 4 rings (SSSR count). The maximum Gasteiger partial charge on any atom is 0.263 e. The van der Waals surface area contributed by atoms with E-state index in [9.17, 15) is 9.59 Å². The van der Waals surface area contributed by atoms with Gasteiger partial charge in [0.1, 0.15) is 11.4 Å². The van der Waals surface area contributed by atoms with Gasteiger partial charge in [-0.05, 0) is 48.7 Å². The highest BCUT2D eigenvalue weighted by molar-refractivity contribution is 7.17. The summed E-state index contributed by atoms with van der Waals surface area (Å²) in [6, 6.07) is 10.9. The highest BCUT2D eigenvalue weighted by atomic mass is 35.5. The average Bonchev–Trinajstić information content (AvgIpc) is 3.13. The Morgan fingerprint density at radius 1 is 1.13 bits per heavy atom. The van der Waals surface area contributed by atoms with Gasteiger partial charge in [-0.2, -0.15) is 0 Å². The average molecular weight is 458 g/mol. The molecule has 0 radical (unpaired) electrons. The fourth-order valence-corrected chi connectivity index (χ4v) is 4.50. The van der Waals surface area contributed by atoms with Crippen LogP contribution >= 0.6 is 34.5 Å². The minimum atomic E-state index is -0.384. The van der Waals surface area contributed by atoms with Crippen LogP contribution in [0.3, 0.4) is 0 Å². The molecule has 2 aromatic carbocycles. The van der Waals surface area contributed by atoms with Gasteiger partial charge >= 0.3 is 0 Å². The number of rotatable bonds is 4. The number of carbonyl (C=O) groups excluding carboxylic acids is 1. The van der Waals surface area contributed by atoms with Crippen molar-refractivity contribution >= 4 is 56.3 Å². The molecule has 0 aliphatic rings. The second-order valence-corrected chi connectivity index (χ2v) is 8.68. The van der Waals surface area contributed by atoms with Crippen molar-refractivity contribution in [2.75, 3.05) is 5.32 Å². The third-order valence-corrected chi connectivity index (χ3v) is 6.33. The molecule has 0 saturated heterocycles. The minimum Gasteiger partial charge on any atom is -0.323 e. The van der Waals surface area contributed by atoms with E-state index in [1.54, 1.807) is 18.2 Å². The van der Waals surface area contributed by atoms with Gasteiger partial charge in [0.25, 0.3) is 5.56 Å². The molecule has 5 nitrogen and oxygen atoms in total. The monoisotopic (exact) mass is 457 g/mol. The van der Waals surface area contributed by atoms with Crippen LogP contribution < -0.4 is 10.9 Å². The SMILES string of the molecule is Cc1ccc(-c2csc3ncn(CC(=O)Nc4ccc(Cl)cc4Cl)c(=O)c23)cc1C. The largest absolute Gasteiger partial charge is 0.323 e. The first-order valence-electron chi connectivity index (χ1n) is 9.12. The summed E-state index contributed by atoms with van der Waals surface area (Å²) in [6.45, 7) is 3.91. The standard InChI is InChI=1S/C22H17Cl2N3O2S/c1-12-3-4-14(7-13(12)2)16-10-30-21-20(16)22(29)27(11-25-21)9-19(28)26-18-6-5-15(23)8-17(18)24/h3-8,10-11H,9H2,1-2H3,(H,26,28). The van der Waals surface area contributed by atoms with Crippen molar-refractivity contribution in [3.8, 4) is 11.1 Å². The summed E-state index contributed by atoms with van der Waals surface area (Å²) in [7, 11) is 0. The van der Waals surface area contributed by atoms with Crippen LogP contribution in [0.5, 0.6) is 0 Å². The van der Waals surface area contributed by atoms with Crippen molar-refractivity contribution in [1.82, 2.24) is 9.55 Å². The van der Waals surface area contributed by atoms with Gasteiger partial charge in [0.2, 0.25) is 5.91 Å². The Balaban J connectivity index is 1.67. The van der Waals surface area contributed by atoms with Crippen molar-refractivity contribution in [2.24, 2.45) is 0 Å². The van der Waals surface area contributed by atoms with Gasteiger partial charge in [-0.25, -0.2) is 4.98 Å². The van der Waals surface area contributed by atoms with Crippen LogP contribution in [0.15, 0.2) is 52.9 Å². The first-order valence-corrected chi connectivity index (χ1v) is 10.8. The lowest BCUT2D eigenvalue weighted by molar-refractivity contribution is -0.116. The summed E-state index contributed by atoms with van der Waals surface area (Å²) >= 11 is 13.4. The molecular weight excluding hydrogens is 441 g/mol. The number of carbonyl (C=O) groups is 1. The quantitative estimate of drug-likeness (QED) is 0.428. The topological polar surface area (TPSA) is 64.0 Å². The van der Waals surface area contributed by atoms with E-state index in [1.165, 1.54) is 27.8 Å². The van der Waals surface area contributed by atoms with Gasteiger partial charge in [-0.3, -0.25) is 14.2 Å². The van der Waals surface area contributed by atoms with Gasteiger partial charge in [-0.1, -0.05) is 41.4 Å². The number of halogens is 2. The number of nitrogens with one attached hydrogen (secondary N) is 1. The number of aryl methyl sites for hydroxylation is 2. The normalized spacial score (nSPS) is 11.1. The highest BCUT2D eigenvalue weighted by Crippen LogP contribution is 2.31. The molecule has 0 aliphatic carbocycles. The van der Waals surface area contributed by atoms with E-state index in [2.05, 4.69) is 16.4 Å². The van der Waals surface area contributed by atoms with Gasteiger partial charge in [0.15, 0.2) is 0 Å². The Hall–Kier alpha value is -2.67. The van der Waals surface area contributed by atoms with Gasteiger partial charge in [0, 0.05) is 16.0 Å². The van der Waals surface area contributed by atoms with E-state index in [0.717, 1.165) is 16.7 Å². The zero-order valence-electron chi connectivity index (χ0n) is 16.2. The van der Waals surface area contributed by atoms with Crippen LogP contribution in [0.25, 0.3) is 21.3 Å². The number of thiophene rings is 1. The number of anilines is 1. The lowest BCUT2D eigenvalue weighted by atomic mass is 10.0. The molecule has 30 heavy (non-hydrogen) atoms. The van der Waals surface area contributed by atoms with Gasteiger partial charge < -0.3 is 5.32 Å². The number of hydrogen-bond donors (Lipinski definition) is 1. The van der Waals surface area contributed by atoms with Crippen molar-refractivity contribution in [1.29, 1.82) is 0 Å². The summed E-state index contributed by atoms with van der Waals surface area (Å²) in [5.74, 6) is -0.384. The van der Waals surface area contributed by atoms with Crippen molar-refractivity contribution in [3.05, 3.63) is 79.6 Å². The molecule has 1 amide bonds. The molecule has 4 aromatic rings. The molecule has 152 valence electrons. The van der Waals surface area contributed by atoms with E-state index in [1.807, 2.05) is 31.4 Å². The Kier molecular flexibility index (Phi) is 5.64. The Morgan fingerprint density at radius 3 is 2.67 bits per heavy atom. The van der Waals surface area contributed by atoms with Crippen molar-refractivity contribution in [3.63, 3.8) is 0 Å². The number of benzene rings is 2. The zero-order chi connectivity index (χ0) is 21.4. The lowest BCUT2D eigenvalue weighted by Crippen LogP contribution is -2.27. The molecular formula is C22H17Cl2N3O2S. The molecule has 2 aromatic heterocycles. The van der Waals surface area contributed by atoms with Crippen LogP contribution in [0, 0.1) is 13.8 Å². The van der Waals surface area contributed by atoms with Gasteiger partial charge in [0.05, 0.1) is 22.4 Å².